The molecular formula is C33H40FN5O8. The predicted octanol–water partition coefficient (Wildman–Crippen LogP) is 6.97. The van der Waals surface area contributed by atoms with Crippen LogP contribution in [0.25, 0.3) is 21.9 Å². The summed E-state index contributed by atoms with van der Waals surface area (Å²) in [5, 5.41) is 16.0. The molecule has 3 atom stereocenters. The molecule has 3 N–H and O–H groups in total. The van der Waals surface area contributed by atoms with Gasteiger partial charge < -0.3 is 24.1 Å². The second-order valence-electron chi connectivity index (χ2n) is 13.9. The van der Waals surface area contributed by atoms with Gasteiger partial charge in [-0.15, -0.1) is 0 Å². The molecule has 0 saturated carbocycles. The molecular weight excluding hydrogens is 613 g/mol. The molecule has 1 saturated heterocycles. The van der Waals surface area contributed by atoms with E-state index >= 15 is 4.39 Å². The number of anilines is 3. The van der Waals surface area contributed by atoms with Crippen LogP contribution in [0.15, 0.2) is 24.5 Å². The van der Waals surface area contributed by atoms with Crippen LogP contribution in [0.2, 0.25) is 0 Å². The Labute approximate surface area is 271 Å². The second kappa shape index (κ2) is 12.5. The number of ether oxygens (including phenoxy) is 4. The molecule has 1 aromatic carbocycles. The van der Waals surface area contributed by atoms with E-state index in [1.807, 2.05) is 27.7 Å². The highest BCUT2D eigenvalue weighted by Crippen LogP contribution is 2.45. The van der Waals surface area contributed by atoms with Gasteiger partial charge in [-0.25, -0.2) is 28.7 Å². The zero-order valence-corrected chi connectivity index (χ0v) is 27.7. The summed E-state index contributed by atoms with van der Waals surface area (Å²) in [6.07, 6.45) is -0.520. The van der Waals surface area contributed by atoms with E-state index in [-0.39, 0.29) is 58.7 Å². The minimum atomic E-state index is -1.20. The van der Waals surface area contributed by atoms with Crippen molar-refractivity contribution in [3.8, 4) is 17.0 Å². The van der Waals surface area contributed by atoms with E-state index in [4.69, 9.17) is 18.9 Å². The van der Waals surface area contributed by atoms with Crippen LogP contribution in [-0.2, 0) is 14.2 Å². The van der Waals surface area contributed by atoms with Gasteiger partial charge in [0.05, 0.1) is 24.9 Å². The number of carbonyl (C=O) groups is 3. The number of nitrogens with zero attached hydrogens (tertiary/aromatic N) is 3. The van der Waals surface area contributed by atoms with Gasteiger partial charge in [-0.2, -0.15) is 0 Å². The average Bonchev–Trinajstić information content (AvgIpc) is 3.36. The van der Waals surface area contributed by atoms with Gasteiger partial charge in [-0.3, -0.25) is 15.5 Å². The summed E-state index contributed by atoms with van der Waals surface area (Å²) in [7, 11) is 0. The van der Waals surface area contributed by atoms with Crippen LogP contribution in [0.5, 0.6) is 5.88 Å². The Morgan fingerprint density at radius 1 is 1.00 bits per heavy atom. The zero-order valence-electron chi connectivity index (χ0n) is 27.7. The third-order valence-electron chi connectivity index (χ3n) is 8.07. The standard InChI is InChI=1S/C33H40FN5O8/c1-16-13-44-14-22(16)46-29(40)37-24-10-18-9-19(25(34)26(21(18)12-35-24)38-30(41)47-33(6,7)8)20-11-36-28-27(17(20)2)39(31(42)43)23(15-45-28)32(3,4)5/h9-12,16,22-23H,13-15H2,1-8H3,(H,38,41)(H,42,43)(H,35,37,40)/t16-,22+,23?/m1/s1. The molecule has 14 heteroatoms. The summed E-state index contributed by atoms with van der Waals surface area (Å²) < 4.78 is 38.7. The molecule has 3 amide bonds. The lowest BCUT2D eigenvalue weighted by atomic mass is 9.85. The molecule has 1 unspecified atom stereocenters. The number of benzene rings is 1. The molecule has 0 bridgehead atoms. The molecule has 0 spiro atoms. The maximum atomic E-state index is 16.6. The Bertz CT molecular complexity index is 1730. The largest absolute Gasteiger partial charge is 0.474 e. The number of pyridine rings is 2. The topological polar surface area (TPSA) is 161 Å². The lowest BCUT2D eigenvalue weighted by Crippen LogP contribution is -2.53. The molecule has 2 aliphatic heterocycles. The van der Waals surface area contributed by atoms with Crippen molar-refractivity contribution >= 4 is 46.2 Å². The number of hydrogen-bond acceptors (Lipinski definition) is 9. The predicted molar refractivity (Wildman–Crippen MR) is 173 cm³/mol. The molecule has 0 aliphatic carbocycles. The van der Waals surface area contributed by atoms with Crippen LogP contribution in [0.1, 0.15) is 54.0 Å². The number of nitrogens with one attached hydrogen (secondary N) is 2. The molecule has 13 nitrogen and oxygen atoms in total. The first-order chi connectivity index (χ1) is 21.9. The van der Waals surface area contributed by atoms with Crippen LogP contribution < -0.4 is 20.3 Å². The minimum Gasteiger partial charge on any atom is -0.474 e. The highest BCUT2D eigenvalue weighted by Gasteiger charge is 2.41. The van der Waals surface area contributed by atoms with Crippen molar-refractivity contribution in [3.05, 3.63) is 35.9 Å². The van der Waals surface area contributed by atoms with E-state index in [1.165, 1.54) is 29.4 Å². The molecule has 2 aromatic heterocycles. The molecule has 252 valence electrons. The normalized spacial score (nSPS) is 19.5. The fourth-order valence-corrected chi connectivity index (χ4v) is 5.61. The molecule has 47 heavy (non-hydrogen) atoms. The molecule has 4 heterocycles. The number of halogens is 1. The number of carboxylic acid groups (broad SMARTS) is 1. The first-order valence-electron chi connectivity index (χ1n) is 15.3. The van der Waals surface area contributed by atoms with Crippen molar-refractivity contribution in [3.63, 3.8) is 0 Å². The lowest BCUT2D eigenvalue weighted by Gasteiger charge is -2.42. The monoisotopic (exact) mass is 653 g/mol. The van der Waals surface area contributed by atoms with E-state index in [9.17, 15) is 19.5 Å². The van der Waals surface area contributed by atoms with Crippen LogP contribution >= 0.6 is 0 Å². The Morgan fingerprint density at radius 2 is 1.72 bits per heavy atom. The van der Waals surface area contributed by atoms with Crippen LogP contribution in [0, 0.1) is 24.1 Å². The zero-order chi connectivity index (χ0) is 34.4. The summed E-state index contributed by atoms with van der Waals surface area (Å²) >= 11 is 0. The number of aromatic nitrogens is 2. The summed E-state index contributed by atoms with van der Waals surface area (Å²) in [4.78, 5) is 48.0. The Morgan fingerprint density at radius 3 is 2.34 bits per heavy atom. The molecule has 1 fully saturated rings. The lowest BCUT2D eigenvalue weighted by molar-refractivity contribution is 0.0635. The van der Waals surface area contributed by atoms with Gasteiger partial charge in [-0.1, -0.05) is 27.7 Å². The summed E-state index contributed by atoms with van der Waals surface area (Å²) in [6, 6.07) is 2.48. The van der Waals surface area contributed by atoms with Crippen LogP contribution in [0.4, 0.5) is 36.0 Å². The number of rotatable bonds is 4. The first kappa shape index (κ1) is 33.6. The second-order valence-corrected chi connectivity index (χ2v) is 13.9. The van der Waals surface area contributed by atoms with Crippen molar-refractivity contribution in [2.45, 2.75) is 73.1 Å². The maximum Gasteiger partial charge on any atom is 0.413 e. The third kappa shape index (κ3) is 7.02. The fourth-order valence-electron chi connectivity index (χ4n) is 5.61. The van der Waals surface area contributed by atoms with Gasteiger partial charge in [-0.05, 0) is 56.2 Å². The van der Waals surface area contributed by atoms with Gasteiger partial charge in [0.15, 0.2) is 5.82 Å². The Kier molecular flexibility index (Phi) is 8.93. The van der Waals surface area contributed by atoms with Gasteiger partial charge in [0.25, 0.3) is 0 Å². The van der Waals surface area contributed by atoms with Gasteiger partial charge in [0, 0.05) is 34.8 Å². The minimum absolute atomic E-state index is 0.0104. The van der Waals surface area contributed by atoms with E-state index in [1.54, 1.807) is 27.7 Å². The SMILES string of the molecule is Cc1c(-c2cc3cc(NC(=O)O[C@H]4COC[C@H]4C)ncc3c(NC(=O)OC(C)(C)C)c2F)cnc2c1N(C(=O)O)C(C(C)(C)C)CO2. The van der Waals surface area contributed by atoms with Crippen LogP contribution in [0.3, 0.4) is 0 Å². The highest BCUT2D eigenvalue weighted by molar-refractivity contribution is 6.05. The maximum absolute atomic E-state index is 16.6. The van der Waals surface area contributed by atoms with E-state index < -0.39 is 47.3 Å². The number of carbonyl (C=O) groups excluding carboxylic acids is 2. The fraction of sp³-hybridized carbons (Fsp3) is 0.485. The number of fused-ring (bicyclic) bond motifs is 2. The Hall–Kier alpha value is -4.72. The molecule has 2 aliphatic rings. The van der Waals surface area contributed by atoms with Gasteiger partial charge in [0.1, 0.15) is 29.8 Å². The summed E-state index contributed by atoms with van der Waals surface area (Å²) in [5.74, 6) is -0.560. The summed E-state index contributed by atoms with van der Waals surface area (Å²) in [6.45, 7) is 15.2. The van der Waals surface area contributed by atoms with E-state index in [2.05, 4.69) is 20.6 Å². The van der Waals surface area contributed by atoms with Gasteiger partial charge in [0.2, 0.25) is 5.88 Å². The van der Waals surface area contributed by atoms with Crippen LogP contribution in [-0.4, -0.2) is 70.9 Å². The van der Waals surface area contributed by atoms with Crippen molar-refractivity contribution in [2.75, 3.05) is 35.4 Å². The molecule has 3 aromatic rings. The van der Waals surface area contributed by atoms with E-state index in [0.717, 1.165) is 0 Å². The smallest absolute Gasteiger partial charge is 0.413 e. The first-order valence-corrected chi connectivity index (χ1v) is 15.3. The van der Waals surface area contributed by atoms with E-state index in [0.29, 0.717) is 17.6 Å². The molecule has 5 rings (SSSR count). The Balaban J connectivity index is 1.62. The number of amides is 3. The third-order valence-corrected chi connectivity index (χ3v) is 8.07. The van der Waals surface area contributed by atoms with Crippen molar-refractivity contribution in [2.24, 2.45) is 11.3 Å². The van der Waals surface area contributed by atoms with Crippen molar-refractivity contribution < 1.29 is 42.8 Å². The quantitative estimate of drug-likeness (QED) is 0.268. The average molecular weight is 654 g/mol. The van der Waals surface area contributed by atoms with Gasteiger partial charge >= 0.3 is 18.3 Å². The number of hydrogen-bond donors (Lipinski definition) is 3. The van der Waals surface area contributed by atoms with Crippen molar-refractivity contribution in [1.29, 1.82) is 0 Å². The highest BCUT2D eigenvalue weighted by atomic mass is 19.1. The van der Waals surface area contributed by atoms with Crippen molar-refractivity contribution in [1.82, 2.24) is 9.97 Å². The summed E-state index contributed by atoms with van der Waals surface area (Å²) in [5.41, 5.74) is -0.700. The molecule has 0 radical (unpaired) electrons.